The van der Waals surface area contributed by atoms with Gasteiger partial charge in [0.15, 0.2) is 0 Å². The molecule has 0 bridgehead atoms. The minimum Gasteiger partial charge on any atom is -0.352 e. The van der Waals surface area contributed by atoms with E-state index >= 15 is 0 Å². The summed E-state index contributed by atoms with van der Waals surface area (Å²) < 4.78 is 1.29. The fourth-order valence-electron chi connectivity index (χ4n) is 3.44. The van der Waals surface area contributed by atoms with E-state index in [-0.39, 0.29) is 17.5 Å². The van der Waals surface area contributed by atoms with Gasteiger partial charge >= 0.3 is 0 Å². The van der Waals surface area contributed by atoms with Gasteiger partial charge in [0.25, 0.3) is 5.56 Å². The molecule has 0 spiro atoms. The summed E-state index contributed by atoms with van der Waals surface area (Å²) in [7, 11) is 0. The number of amides is 1. The number of aromatic nitrogens is 2. The summed E-state index contributed by atoms with van der Waals surface area (Å²) in [6.45, 7) is 3.76. The Morgan fingerprint density at radius 2 is 1.73 bits per heavy atom. The molecule has 5 nitrogen and oxygen atoms in total. The zero-order valence-corrected chi connectivity index (χ0v) is 15.6. The van der Waals surface area contributed by atoms with Gasteiger partial charge in [-0.15, -0.1) is 0 Å². The Morgan fingerprint density at radius 3 is 2.38 bits per heavy atom. The molecule has 138 valence electrons. The minimum atomic E-state index is -0.629. The van der Waals surface area contributed by atoms with Crippen LogP contribution in [0.15, 0.2) is 41.2 Å². The van der Waals surface area contributed by atoms with E-state index in [1.165, 1.54) is 29.2 Å². The van der Waals surface area contributed by atoms with Crippen molar-refractivity contribution in [2.75, 3.05) is 0 Å². The van der Waals surface area contributed by atoms with Crippen LogP contribution in [0.3, 0.4) is 0 Å². The molecule has 1 heterocycles. The minimum absolute atomic E-state index is 0.132. The second-order valence-corrected chi connectivity index (χ2v) is 7.24. The predicted molar refractivity (Wildman–Crippen MR) is 103 cm³/mol. The van der Waals surface area contributed by atoms with Gasteiger partial charge in [-0.3, -0.25) is 9.59 Å². The van der Waals surface area contributed by atoms with Crippen molar-refractivity contribution in [2.24, 2.45) is 0 Å². The number of nitrogens with one attached hydrogen (secondary N) is 1. The highest BCUT2D eigenvalue weighted by atomic mass is 16.2. The van der Waals surface area contributed by atoms with Crippen LogP contribution in [0.4, 0.5) is 0 Å². The number of carbonyl (C=O) groups is 1. The first kappa shape index (κ1) is 18.4. The molecule has 1 fully saturated rings. The van der Waals surface area contributed by atoms with Crippen LogP contribution >= 0.6 is 0 Å². The first-order chi connectivity index (χ1) is 12.5. The average molecular weight is 353 g/mol. The molecule has 0 saturated heterocycles. The van der Waals surface area contributed by atoms with Crippen LogP contribution in [0.1, 0.15) is 57.1 Å². The molecule has 0 radical (unpaired) electrons. The van der Waals surface area contributed by atoms with Crippen LogP contribution in [-0.2, 0) is 4.79 Å². The van der Waals surface area contributed by atoms with Gasteiger partial charge in [-0.05, 0) is 32.8 Å². The quantitative estimate of drug-likeness (QED) is 0.854. The van der Waals surface area contributed by atoms with E-state index in [4.69, 9.17) is 0 Å². The third-order valence-electron chi connectivity index (χ3n) is 5.12. The predicted octanol–water partition coefficient (Wildman–Crippen LogP) is 3.62. The van der Waals surface area contributed by atoms with Crippen molar-refractivity contribution >= 4 is 5.91 Å². The standard InChI is InChI=1S/C21H27N3O2/c1-15-9-11-17(12-10-15)19-13-14-20(25)24(23-19)16(2)21(26)22-18-7-5-3-4-6-8-18/h9-14,16,18H,3-8H2,1-2H3,(H,22,26). The van der Waals surface area contributed by atoms with Crippen LogP contribution in [-0.4, -0.2) is 21.7 Å². The van der Waals surface area contributed by atoms with Crippen LogP contribution < -0.4 is 10.9 Å². The Balaban J connectivity index is 1.78. The third-order valence-corrected chi connectivity index (χ3v) is 5.12. The molecule has 1 aliphatic carbocycles. The van der Waals surface area contributed by atoms with Gasteiger partial charge < -0.3 is 5.32 Å². The SMILES string of the molecule is Cc1ccc(-c2ccc(=O)n(C(C)C(=O)NC3CCCCCC3)n2)cc1. The van der Waals surface area contributed by atoms with Crippen LogP contribution in [0.25, 0.3) is 11.3 Å². The lowest BCUT2D eigenvalue weighted by Gasteiger charge is -2.20. The van der Waals surface area contributed by atoms with Crippen molar-refractivity contribution in [3.63, 3.8) is 0 Å². The van der Waals surface area contributed by atoms with Crippen molar-refractivity contribution in [3.05, 3.63) is 52.3 Å². The second kappa shape index (κ2) is 8.30. The number of rotatable bonds is 4. The van der Waals surface area contributed by atoms with Gasteiger partial charge in [0.1, 0.15) is 6.04 Å². The lowest BCUT2D eigenvalue weighted by molar-refractivity contribution is -0.125. The Bertz CT molecular complexity index is 803. The summed E-state index contributed by atoms with van der Waals surface area (Å²) in [5.41, 5.74) is 2.53. The van der Waals surface area contributed by atoms with E-state index in [0.29, 0.717) is 5.69 Å². The van der Waals surface area contributed by atoms with E-state index in [9.17, 15) is 9.59 Å². The van der Waals surface area contributed by atoms with Gasteiger partial charge in [-0.2, -0.15) is 5.10 Å². The molecule has 1 atom stereocenters. The summed E-state index contributed by atoms with van der Waals surface area (Å²) in [5.74, 6) is -0.132. The number of hydrogen-bond acceptors (Lipinski definition) is 3. The van der Waals surface area contributed by atoms with Gasteiger partial charge in [-0.1, -0.05) is 55.5 Å². The first-order valence-corrected chi connectivity index (χ1v) is 9.52. The molecule has 26 heavy (non-hydrogen) atoms. The number of nitrogens with zero attached hydrogens (tertiary/aromatic N) is 2. The monoisotopic (exact) mass is 353 g/mol. The molecule has 3 rings (SSSR count). The normalized spacial score (nSPS) is 16.7. The Kier molecular flexibility index (Phi) is 5.86. The molecule has 1 saturated carbocycles. The zero-order chi connectivity index (χ0) is 18.5. The molecule has 0 aliphatic heterocycles. The van der Waals surface area contributed by atoms with Crippen LogP contribution in [0.5, 0.6) is 0 Å². The molecule has 1 aromatic heterocycles. The van der Waals surface area contributed by atoms with Crippen LogP contribution in [0, 0.1) is 6.92 Å². The van der Waals surface area contributed by atoms with Crippen molar-refractivity contribution in [3.8, 4) is 11.3 Å². The highest BCUT2D eigenvalue weighted by molar-refractivity contribution is 5.80. The topological polar surface area (TPSA) is 64.0 Å². The number of benzene rings is 1. The van der Waals surface area contributed by atoms with Crippen LogP contribution in [0.2, 0.25) is 0 Å². The fraction of sp³-hybridized carbons (Fsp3) is 0.476. The van der Waals surface area contributed by atoms with E-state index in [1.54, 1.807) is 13.0 Å². The number of aryl methyl sites for hydroxylation is 1. The summed E-state index contributed by atoms with van der Waals surface area (Å²) >= 11 is 0. The molecule has 1 aliphatic rings. The van der Waals surface area contributed by atoms with Gasteiger partial charge in [0.05, 0.1) is 5.69 Å². The maximum Gasteiger partial charge on any atom is 0.267 e. The summed E-state index contributed by atoms with van der Waals surface area (Å²) in [4.78, 5) is 24.9. The lowest BCUT2D eigenvalue weighted by Crippen LogP contribution is -2.41. The van der Waals surface area contributed by atoms with E-state index < -0.39 is 6.04 Å². The van der Waals surface area contributed by atoms with Gasteiger partial charge in [0, 0.05) is 17.7 Å². The maximum atomic E-state index is 12.7. The van der Waals surface area contributed by atoms with E-state index in [1.807, 2.05) is 31.2 Å². The van der Waals surface area contributed by atoms with Crippen molar-refractivity contribution in [2.45, 2.75) is 64.5 Å². The highest BCUT2D eigenvalue weighted by Gasteiger charge is 2.22. The molecule has 5 heteroatoms. The number of carbonyl (C=O) groups excluding carboxylic acids is 1. The molecular weight excluding hydrogens is 326 g/mol. The molecule has 2 aromatic rings. The van der Waals surface area contributed by atoms with Gasteiger partial charge in [0.2, 0.25) is 5.91 Å². The maximum absolute atomic E-state index is 12.7. The average Bonchev–Trinajstić information content (AvgIpc) is 2.91. The molecule has 1 unspecified atom stereocenters. The van der Waals surface area contributed by atoms with Gasteiger partial charge in [-0.25, -0.2) is 4.68 Å². The lowest BCUT2D eigenvalue weighted by atomic mass is 10.1. The second-order valence-electron chi connectivity index (χ2n) is 7.24. The summed E-state index contributed by atoms with van der Waals surface area (Å²) in [6.07, 6.45) is 6.82. The highest BCUT2D eigenvalue weighted by Crippen LogP contribution is 2.19. The number of hydrogen-bond donors (Lipinski definition) is 1. The largest absolute Gasteiger partial charge is 0.352 e. The Hall–Kier alpha value is -2.43. The third kappa shape index (κ3) is 4.40. The smallest absolute Gasteiger partial charge is 0.267 e. The molecule has 1 N–H and O–H groups in total. The van der Waals surface area contributed by atoms with Crippen molar-refractivity contribution < 1.29 is 4.79 Å². The Morgan fingerprint density at radius 1 is 1.08 bits per heavy atom. The van der Waals surface area contributed by atoms with Crippen molar-refractivity contribution in [1.82, 2.24) is 15.1 Å². The fourth-order valence-corrected chi connectivity index (χ4v) is 3.44. The van der Waals surface area contributed by atoms with Crippen molar-refractivity contribution in [1.29, 1.82) is 0 Å². The first-order valence-electron chi connectivity index (χ1n) is 9.52. The molecular formula is C21H27N3O2. The zero-order valence-electron chi connectivity index (χ0n) is 15.6. The van der Waals surface area contributed by atoms with E-state index in [2.05, 4.69) is 10.4 Å². The molecule has 1 aromatic carbocycles. The van der Waals surface area contributed by atoms with E-state index in [0.717, 1.165) is 31.2 Å². The summed E-state index contributed by atoms with van der Waals surface area (Å²) in [5, 5.41) is 7.56. The molecule has 1 amide bonds. The summed E-state index contributed by atoms with van der Waals surface area (Å²) in [6, 6.07) is 10.7. The Labute approximate surface area is 154 Å².